The van der Waals surface area contributed by atoms with Gasteiger partial charge in [0.2, 0.25) is 5.89 Å². The van der Waals surface area contributed by atoms with Crippen LogP contribution in [0.3, 0.4) is 0 Å². The van der Waals surface area contributed by atoms with Gasteiger partial charge in [-0.3, -0.25) is 0 Å². The van der Waals surface area contributed by atoms with Crippen LogP contribution in [0.4, 0.5) is 0 Å². The lowest BCUT2D eigenvalue weighted by Gasteiger charge is -2.09. The summed E-state index contributed by atoms with van der Waals surface area (Å²) < 4.78 is 5.27. The minimum absolute atomic E-state index is 0.393. The van der Waals surface area contributed by atoms with E-state index in [1.165, 1.54) is 11.8 Å². The molecule has 2 rings (SSSR count). The average Bonchev–Trinajstić information content (AvgIpc) is 2.74. The summed E-state index contributed by atoms with van der Waals surface area (Å²) >= 11 is 1.24. The summed E-state index contributed by atoms with van der Waals surface area (Å²) in [7, 11) is 0. The van der Waals surface area contributed by atoms with Crippen molar-refractivity contribution >= 4 is 11.8 Å². The standard InChI is InChI=1S/C12H11N3O2S/c1-7(16)10-4-3-9(6-13)5-11(10)18-12-15-14-8(2)17-12/h3-5,7,16H,1-2H3. The molecular weight excluding hydrogens is 250 g/mol. The zero-order chi connectivity index (χ0) is 13.1. The fourth-order valence-electron chi connectivity index (χ4n) is 1.45. The Morgan fingerprint density at radius 2 is 2.22 bits per heavy atom. The van der Waals surface area contributed by atoms with Crippen molar-refractivity contribution in [2.24, 2.45) is 0 Å². The van der Waals surface area contributed by atoms with Crippen molar-refractivity contribution in [3.05, 3.63) is 35.2 Å². The Hall–Kier alpha value is -1.84. The smallest absolute Gasteiger partial charge is 0.281 e. The van der Waals surface area contributed by atoms with Crippen molar-refractivity contribution in [2.75, 3.05) is 0 Å². The summed E-state index contributed by atoms with van der Waals surface area (Å²) in [6.07, 6.45) is -0.621. The van der Waals surface area contributed by atoms with Crippen LogP contribution in [-0.4, -0.2) is 15.3 Å². The van der Waals surface area contributed by atoms with Crippen molar-refractivity contribution in [3.8, 4) is 6.07 Å². The molecule has 18 heavy (non-hydrogen) atoms. The van der Waals surface area contributed by atoms with E-state index < -0.39 is 6.10 Å². The molecule has 6 heteroatoms. The molecule has 0 saturated heterocycles. The Bertz CT molecular complexity index is 602. The van der Waals surface area contributed by atoms with Gasteiger partial charge in [0, 0.05) is 11.8 Å². The SMILES string of the molecule is Cc1nnc(Sc2cc(C#N)ccc2C(C)O)o1. The predicted molar refractivity (Wildman–Crippen MR) is 64.9 cm³/mol. The van der Waals surface area contributed by atoms with Gasteiger partial charge in [-0.2, -0.15) is 5.26 Å². The number of rotatable bonds is 3. The molecule has 0 fully saturated rings. The average molecular weight is 261 g/mol. The highest BCUT2D eigenvalue weighted by Crippen LogP contribution is 2.33. The summed E-state index contributed by atoms with van der Waals surface area (Å²) in [4.78, 5) is 0.743. The number of nitriles is 1. The number of aromatic nitrogens is 2. The number of aliphatic hydroxyl groups is 1. The van der Waals surface area contributed by atoms with Gasteiger partial charge in [0.1, 0.15) is 0 Å². The highest BCUT2D eigenvalue weighted by Gasteiger charge is 2.13. The molecule has 0 bridgehead atoms. The zero-order valence-electron chi connectivity index (χ0n) is 9.91. The van der Waals surface area contributed by atoms with Gasteiger partial charge in [-0.1, -0.05) is 6.07 Å². The normalized spacial score (nSPS) is 12.1. The second-order valence-electron chi connectivity index (χ2n) is 3.73. The molecule has 5 nitrogen and oxygen atoms in total. The Kier molecular flexibility index (Phi) is 3.65. The largest absolute Gasteiger partial charge is 0.416 e. The molecule has 1 N–H and O–H groups in total. The summed E-state index contributed by atoms with van der Waals surface area (Å²) in [6, 6.07) is 7.17. The van der Waals surface area contributed by atoms with Crippen LogP contribution >= 0.6 is 11.8 Å². The second kappa shape index (κ2) is 5.21. The first-order chi connectivity index (χ1) is 8.60. The minimum Gasteiger partial charge on any atom is -0.416 e. The van der Waals surface area contributed by atoms with Gasteiger partial charge < -0.3 is 9.52 Å². The van der Waals surface area contributed by atoms with Crippen molar-refractivity contribution < 1.29 is 9.52 Å². The minimum atomic E-state index is -0.621. The number of hydrogen-bond donors (Lipinski definition) is 1. The van der Waals surface area contributed by atoms with Crippen molar-refractivity contribution in [3.63, 3.8) is 0 Å². The third-order valence-corrected chi connectivity index (χ3v) is 3.21. The second-order valence-corrected chi connectivity index (χ2v) is 4.72. The number of benzene rings is 1. The maximum Gasteiger partial charge on any atom is 0.281 e. The molecule has 0 aliphatic heterocycles. The van der Waals surface area contributed by atoms with Gasteiger partial charge in [0.15, 0.2) is 0 Å². The van der Waals surface area contributed by atoms with Crippen molar-refractivity contribution in [1.29, 1.82) is 5.26 Å². The summed E-state index contributed by atoms with van der Waals surface area (Å²) in [5.41, 5.74) is 1.26. The molecule has 92 valence electrons. The van der Waals surface area contributed by atoms with Gasteiger partial charge >= 0.3 is 0 Å². The van der Waals surface area contributed by atoms with E-state index in [0.717, 1.165) is 10.5 Å². The molecule has 1 aromatic carbocycles. The zero-order valence-corrected chi connectivity index (χ0v) is 10.7. The third-order valence-electron chi connectivity index (χ3n) is 2.30. The van der Waals surface area contributed by atoms with Crippen LogP contribution in [0.1, 0.15) is 30.0 Å². The van der Waals surface area contributed by atoms with Gasteiger partial charge in [0.05, 0.1) is 17.7 Å². The van der Waals surface area contributed by atoms with Crippen molar-refractivity contribution in [2.45, 2.75) is 30.1 Å². The third kappa shape index (κ3) is 2.70. The van der Waals surface area contributed by atoms with Crippen LogP contribution in [0.15, 0.2) is 32.7 Å². The lowest BCUT2D eigenvalue weighted by atomic mass is 10.1. The first-order valence-electron chi connectivity index (χ1n) is 5.30. The molecular formula is C12H11N3O2S. The lowest BCUT2D eigenvalue weighted by Crippen LogP contribution is -1.94. The molecule has 1 heterocycles. The quantitative estimate of drug-likeness (QED) is 0.913. The van der Waals surface area contributed by atoms with Crippen LogP contribution in [0, 0.1) is 18.3 Å². The van der Waals surface area contributed by atoms with E-state index in [-0.39, 0.29) is 0 Å². The Morgan fingerprint density at radius 1 is 1.44 bits per heavy atom. The first-order valence-corrected chi connectivity index (χ1v) is 6.12. The Morgan fingerprint density at radius 3 is 2.78 bits per heavy atom. The Balaban J connectivity index is 2.38. The number of nitrogens with zero attached hydrogens (tertiary/aromatic N) is 3. The summed E-state index contributed by atoms with van der Waals surface area (Å²) in [5, 5.41) is 26.6. The molecule has 0 aliphatic rings. The van der Waals surface area contributed by atoms with Gasteiger partial charge in [0.25, 0.3) is 5.22 Å². The molecule has 1 aromatic heterocycles. The molecule has 0 spiro atoms. The fourth-order valence-corrected chi connectivity index (χ4v) is 2.43. The Labute approximate surface area is 108 Å². The van der Waals surface area contributed by atoms with E-state index in [0.29, 0.717) is 16.7 Å². The monoisotopic (exact) mass is 261 g/mol. The fraction of sp³-hybridized carbons (Fsp3) is 0.250. The summed E-state index contributed by atoms with van der Waals surface area (Å²) in [5.74, 6) is 0.479. The van der Waals surface area contributed by atoms with Crippen molar-refractivity contribution in [1.82, 2.24) is 10.2 Å². The molecule has 1 unspecified atom stereocenters. The van der Waals surface area contributed by atoms with Gasteiger partial charge in [-0.05, 0) is 36.4 Å². The van der Waals surface area contributed by atoms with Gasteiger partial charge in [-0.25, -0.2) is 0 Å². The molecule has 0 amide bonds. The van der Waals surface area contributed by atoms with Gasteiger partial charge in [-0.15, -0.1) is 10.2 Å². The van der Waals surface area contributed by atoms with Crippen LogP contribution in [0.2, 0.25) is 0 Å². The number of aliphatic hydroxyl groups excluding tert-OH is 1. The highest BCUT2D eigenvalue weighted by atomic mass is 32.2. The van der Waals surface area contributed by atoms with E-state index in [2.05, 4.69) is 16.3 Å². The first kappa shape index (κ1) is 12.6. The molecule has 2 aromatic rings. The van der Waals surface area contributed by atoms with Crippen LogP contribution in [0.25, 0.3) is 0 Å². The molecule has 0 aliphatic carbocycles. The summed E-state index contributed by atoms with van der Waals surface area (Å²) in [6.45, 7) is 3.38. The van der Waals surface area contributed by atoms with Crippen LogP contribution < -0.4 is 0 Å². The maximum atomic E-state index is 9.69. The van der Waals surface area contributed by atoms with Crippen LogP contribution in [0.5, 0.6) is 0 Å². The van der Waals surface area contributed by atoms with Crippen LogP contribution in [-0.2, 0) is 0 Å². The topological polar surface area (TPSA) is 82.9 Å². The molecule has 0 radical (unpaired) electrons. The van der Waals surface area contributed by atoms with E-state index in [1.54, 1.807) is 32.0 Å². The molecule has 1 atom stereocenters. The maximum absolute atomic E-state index is 9.69. The number of hydrogen-bond acceptors (Lipinski definition) is 6. The number of aryl methyl sites for hydroxylation is 1. The highest BCUT2D eigenvalue weighted by molar-refractivity contribution is 7.99. The van der Waals surface area contributed by atoms with E-state index in [4.69, 9.17) is 9.68 Å². The van der Waals surface area contributed by atoms with E-state index in [9.17, 15) is 5.11 Å². The van der Waals surface area contributed by atoms with E-state index in [1.807, 2.05) is 0 Å². The lowest BCUT2D eigenvalue weighted by molar-refractivity contribution is 0.196. The molecule has 0 saturated carbocycles. The predicted octanol–water partition coefficient (Wildman–Crippen LogP) is 2.45. The van der Waals surface area contributed by atoms with E-state index >= 15 is 0 Å².